The Balaban J connectivity index is 1.93. The highest BCUT2D eigenvalue weighted by molar-refractivity contribution is 6.33. The van der Waals surface area contributed by atoms with Gasteiger partial charge in [0, 0.05) is 18.7 Å². The lowest BCUT2D eigenvalue weighted by Gasteiger charge is -2.14. The van der Waals surface area contributed by atoms with Crippen molar-refractivity contribution in [3.63, 3.8) is 0 Å². The zero-order valence-electron chi connectivity index (χ0n) is 10.1. The van der Waals surface area contributed by atoms with Gasteiger partial charge in [0.1, 0.15) is 0 Å². The SMILES string of the molecule is Nc1cc(C(=O)NCC2(CCO)CC2)ccc1Cl. The van der Waals surface area contributed by atoms with Crippen LogP contribution in [0.4, 0.5) is 5.69 Å². The smallest absolute Gasteiger partial charge is 0.251 e. The Bertz CT molecular complexity index is 458. The van der Waals surface area contributed by atoms with Crippen molar-refractivity contribution in [1.29, 1.82) is 0 Å². The molecule has 1 aliphatic carbocycles. The Morgan fingerprint density at radius 2 is 2.22 bits per heavy atom. The number of nitrogens with one attached hydrogen (secondary N) is 1. The van der Waals surface area contributed by atoms with Crippen LogP contribution in [0.5, 0.6) is 0 Å². The van der Waals surface area contributed by atoms with Crippen LogP contribution in [-0.4, -0.2) is 24.2 Å². The number of carbonyl (C=O) groups excluding carboxylic acids is 1. The third-order valence-corrected chi connectivity index (χ3v) is 3.83. The minimum absolute atomic E-state index is 0.113. The van der Waals surface area contributed by atoms with Crippen molar-refractivity contribution in [2.24, 2.45) is 5.41 Å². The van der Waals surface area contributed by atoms with E-state index < -0.39 is 0 Å². The lowest BCUT2D eigenvalue weighted by molar-refractivity contribution is 0.0941. The lowest BCUT2D eigenvalue weighted by atomic mass is 10.0. The van der Waals surface area contributed by atoms with Crippen LogP contribution in [0.1, 0.15) is 29.6 Å². The van der Waals surface area contributed by atoms with Crippen molar-refractivity contribution in [1.82, 2.24) is 5.32 Å². The van der Waals surface area contributed by atoms with Crippen molar-refractivity contribution in [2.45, 2.75) is 19.3 Å². The van der Waals surface area contributed by atoms with E-state index in [0.29, 0.717) is 22.8 Å². The number of amides is 1. The van der Waals surface area contributed by atoms with E-state index in [2.05, 4.69) is 5.32 Å². The fraction of sp³-hybridized carbons (Fsp3) is 0.462. The summed E-state index contributed by atoms with van der Waals surface area (Å²) in [5.74, 6) is -0.150. The van der Waals surface area contributed by atoms with Crippen LogP contribution < -0.4 is 11.1 Å². The van der Waals surface area contributed by atoms with Gasteiger partial charge in [0.25, 0.3) is 5.91 Å². The number of anilines is 1. The molecule has 0 heterocycles. The van der Waals surface area contributed by atoms with Gasteiger partial charge in [0.15, 0.2) is 0 Å². The Kier molecular flexibility index (Phi) is 3.78. The number of halogens is 1. The average molecular weight is 269 g/mol. The molecule has 1 aliphatic rings. The van der Waals surface area contributed by atoms with E-state index in [1.807, 2.05) is 0 Å². The molecule has 0 aromatic heterocycles. The van der Waals surface area contributed by atoms with Crippen molar-refractivity contribution >= 4 is 23.2 Å². The molecule has 18 heavy (non-hydrogen) atoms. The first-order valence-electron chi connectivity index (χ1n) is 6.00. The van der Waals surface area contributed by atoms with Gasteiger partial charge in [-0.2, -0.15) is 0 Å². The second-order valence-electron chi connectivity index (χ2n) is 4.89. The minimum Gasteiger partial charge on any atom is -0.398 e. The van der Waals surface area contributed by atoms with Crippen molar-refractivity contribution < 1.29 is 9.90 Å². The summed E-state index contributed by atoms with van der Waals surface area (Å²) in [7, 11) is 0. The summed E-state index contributed by atoms with van der Waals surface area (Å²) in [4.78, 5) is 11.9. The van der Waals surface area contributed by atoms with E-state index in [-0.39, 0.29) is 17.9 Å². The number of hydrogen-bond donors (Lipinski definition) is 3. The molecule has 4 N–H and O–H groups in total. The summed E-state index contributed by atoms with van der Waals surface area (Å²) >= 11 is 5.80. The quantitative estimate of drug-likeness (QED) is 0.713. The monoisotopic (exact) mass is 268 g/mol. The number of nitrogens with two attached hydrogens (primary N) is 1. The van der Waals surface area contributed by atoms with Gasteiger partial charge in [-0.15, -0.1) is 0 Å². The number of aliphatic hydroxyl groups excluding tert-OH is 1. The Hall–Kier alpha value is -1.26. The fourth-order valence-electron chi connectivity index (χ4n) is 1.98. The molecule has 0 bridgehead atoms. The largest absolute Gasteiger partial charge is 0.398 e. The molecule has 0 unspecified atom stereocenters. The van der Waals surface area contributed by atoms with E-state index in [1.54, 1.807) is 18.2 Å². The summed E-state index contributed by atoms with van der Waals surface area (Å²) in [6.45, 7) is 0.776. The van der Waals surface area contributed by atoms with Gasteiger partial charge in [0.2, 0.25) is 0 Å². The first-order chi connectivity index (χ1) is 8.56. The van der Waals surface area contributed by atoms with Crippen LogP contribution in [0, 0.1) is 5.41 Å². The average Bonchev–Trinajstić information content (AvgIpc) is 3.11. The maximum absolute atomic E-state index is 11.9. The highest BCUT2D eigenvalue weighted by atomic mass is 35.5. The fourth-order valence-corrected chi connectivity index (χ4v) is 2.10. The van der Waals surface area contributed by atoms with Crippen LogP contribution in [0.15, 0.2) is 18.2 Å². The summed E-state index contributed by atoms with van der Waals surface area (Å²) in [5.41, 5.74) is 6.68. The van der Waals surface area contributed by atoms with Crippen molar-refractivity contribution in [3.8, 4) is 0 Å². The first kappa shape index (κ1) is 13.2. The Labute approximate surface area is 111 Å². The van der Waals surface area contributed by atoms with E-state index in [0.717, 1.165) is 19.3 Å². The van der Waals surface area contributed by atoms with E-state index >= 15 is 0 Å². The molecule has 1 amide bonds. The summed E-state index contributed by atoms with van der Waals surface area (Å²) in [6, 6.07) is 4.84. The van der Waals surface area contributed by atoms with Crippen LogP contribution in [0.2, 0.25) is 5.02 Å². The molecule has 0 spiro atoms. The molecular weight excluding hydrogens is 252 g/mol. The number of rotatable bonds is 5. The molecule has 98 valence electrons. The van der Waals surface area contributed by atoms with Gasteiger partial charge >= 0.3 is 0 Å². The molecule has 1 aromatic rings. The lowest BCUT2D eigenvalue weighted by Crippen LogP contribution is -2.30. The topological polar surface area (TPSA) is 75.4 Å². The Morgan fingerprint density at radius 1 is 1.50 bits per heavy atom. The maximum Gasteiger partial charge on any atom is 0.251 e. The van der Waals surface area contributed by atoms with Gasteiger partial charge < -0.3 is 16.2 Å². The standard InChI is InChI=1S/C13H17ClN2O2/c14-10-2-1-9(7-11(10)15)12(18)16-8-13(3-4-13)5-6-17/h1-2,7,17H,3-6,8,15H2,(H,16,18). The van der Waals surface area contributed by atoms with E-state index in [9.17, 15) is 4.79 Å². The van der Waals surface area contributed by atoms with Crippen molar-refractivity contribution in [2.75, 3.05) is 18.9 Å². The number of nitrogen functional groups attached to an aromatic ring is 1. The van der Waals surface area contributed by atoms with E-state index in [1.165, 1.54) is 0 Å². The second-order valence-corrected chi connectivity index (χ2v) is 5.30. The van der Waals surface area contributed by atoms with Crippen LogP contribution >= 0.6 is 11.6 Å². The summed E-state index contributed by atoms with van der Waals surface area (Å²) in [6.07, 6.45) is 2.88. The molecule has 0 aliphatic heterocycles. The second kappa shape index (κ2) is 5.16. The van der Waals surface area contributed by atoms with Crippen molar-refractivity contribution in [3.05, 3.63) is 28.8 Å². The Morgan fingerprint density at radius 3 is 2.78 bits per heavy atom. The van der Waals surface area contributed by atoms with Crippen LogP contribution in [-0.2, 0) is 0 Å². The number of hydrogen-bond acceptors (Lipinski definition) is 3. The molecule has 5 heteroatoms. The predicted molar refractivity (Wildman–Crippen MR) is 71.6 cm³/mol. The molecule has 1 aromatic carbocycles. The van der Waals surface area contributed by atoms with Gasteiger partial charge in [0.05, 0.1) is 10.7 Å². The highest BCUT2D eigenvalue weighted by Crippen LogP contribution is 2.47. The van der Waals surface area contributed by atoms with Gasteiger partial charge in [-0.05, 0) is 42.9 Å². The first-order valence-corrected chi connectivity index (χ1v) is 6.38. The van der Waals surface area contributed by atoms with Gasteiger partial charge in [-0.25, -0.2) is 0 Å². The third kappa shape index (κ3) is 2.94. The molecule has 0 saturated heterocycles. The molecule has 1 saturated carbocycles. The minimum atomic E-state index is -0.150. The molecule has 1 fully saturated rings. The maximum atomic E-state index is 11.9. The summed E-state index contributed by atoms with van der Waals surface area (Å²) in [5, 5.41) is 12.3. The molecule has 0 atom stereocenters. The molecule has 2 rings (SSSR count). The number of benzene rings is 1. The van der Waals surface area contributed by atoms with E-state index in [4.69, 9.17) is 22.4 Å². The summed E-state index contributed by atoms with van der Waals surface area (Å²) < 4.78 is 0. The molecule has 4 nitrogen and oxygen atoms in total. The van der Waals surface area contributed by atoms with Gasteiger partial charge in [-0.3, -0.25) is 4.79 Å². The van der Waals surface area contributed by atoms with Crippen LogP contribution in [0.25, 0.3) is 0 Å². The zero-order chi connectivity index (χ0) is 13.2. The number of carbonyl (C=O) groups is 1. The third-order valence-electron chi connectivity index (χ3n) is 3.48. The highest BCUT2D eigenvalue weighted by Gasteiger charge is 2.41. The zero-order valence-corrected chi connectivity index (χ0v) is 10.8. The van der Waals surface area contributed by atoms with Crippen LogP contribution in [0.3, 0.4) is 0 Å². The van der Waals surface area contributed by atoms with Gasteiger partial charge in [-0.1, -0.05) is 11.6 Å². The number of aliphatic hydroxyl groups is 1. The molecule has 0 radical (unpaired) electrons. The molecular formula is C13H17ClN2O2. The normalized spacial score (nSPS) is 16.3. The predicted octanol–water partition coefficient (Wildman–Crippen LogP) is 1.81.